The van der Waals surface area contributed by atoms with E-state index < -0.39 is 0 Å². The molecule has 5 nitrogen and oxygen atoms in total. The summed E-state index contributed by atoms with van der Waals surface area (Å²) in [6, 6.07) is 17.0. The summed E-state index contributed by atoms with van der Waals surface area (Å²) >= 11 is 7.85. The van der Waals surface area contributed by atoms with Gasteiger partial charge in [0.25, 0.3) is 0 Å². The number of benzene rings is 2. The molecule has 4 aromatic rings. The minimum atomic E-state index is 0.242. The van der Waals surface area contributed by atoms with E-state index in [1.165, 1.54) is 16.1 Å². The molecule has 7 heteroatoms. The first-order chi connectivity index (χ1) is 14.7. The lowest BCUT2D eigenvalue weighted by Gasteiger charge is -2.26. The van der Waals surface area contributed by atoms with Gasteiger partial charge in [-0.15, -0.1) is 11.3 Å². The Hall–Kier alpha value is -2.54. The Morgan fingerprint density at radius 3 is 2.67 bits per heavy atom. The zero-order chi connectivity index (χ0) is 20.5. The van der Waals surface area contributed by atoms with Gasteiger partial charge in [-0.2, -0.15) is 5.10 Å². The maximum absolute atomic E-state index is 6.04. The summed E-state index contributed by atoms with van der Waals surface area (Å²) in [4.78, 5) is 10.3. The van der Waals surface area contributed by atoms with Gasteiger partial charge in [0.15, 0.2) is 0 Å². The second-order valence-corrected chi connectivity index (χ2v) is 9.07. The molecule has 2 aromatic carbocycles. The molecule has 0 saturated heterocycles. The monoisotopic (exact) mass is 435 g/mol. The Balaban J connectivity index is 1.34. The van der Waals surface area contributed by atoms with Crippen LogP contribution in [0.2, 0.25) is 5.02 Å². The molecule has 2 unspecified atom stereocenters. The van der Waals surface area contributed by atoms with Gasteiger partial charge in [-0.3, -0.25) is 0 Å². The number of nitrogens with zero attached hydrogens (tertiary/aromatic N) is 4. The summed E-state index contributed by atoms with van der Waals surface area (Å²) in [6.07, 6.45) is 6.61. The highest BCUT2D eigenvalue weighted by molar-refractivity contribution is 7.15. The normalized spacial score (nSPS) is 16.9. The lowest BCUT2D eigenvalue weighted by molar-refractivity contribution is 0.419. The van der Waals surface area contributed by atoms with E-state index in [9.17, 15) is 0 Å². The van der Waals surface area contributed by atoms with Crippen LogP contribution in [-0.4, -0.2) is 19.7 Å². The predicted octanol–water partition coefficient (Wildman–Crippen LogP) is 5.77. The third kappa shape index (κ3) is 3.90. The van der Waals surface area contributed by atoms with Gasteiger partial charge in [-0.1, -0.05) is 35.9 Å². The van der Waals surface area contributed by atoms with Crippen molar-refractivity contribution in [3.05, 3.63) is 82.3 Å². The van der Waals surface area contributed by atoms with Crippen LogP contribution in [0, 0.1) is 0 Å². The van der Waals surface area contributed by atoms with Crippen molar-refractivity contribution in [2.75, 3.05) is 0 Å². The van der Waals surface area contributed by atoms with Gasteiger partial charge in [0.2, 0.25) is 0 Å². The number of thiazole rings is 1. The molecule has 2 heterocycles. The molecule has 2 aromatic heterocycles. The first-order valence-electron chi connectivity index (χ1n) is 10.1. The van der Waals surface area contributed by atoms with Crippen LogP contribution in [0.3, 0.4) is 0 Å². The molecule has 30 heavy (non-hydrogen) atoms. The maximum Gasteiger partial charge on any atom is 0.138 e. The first kappa shape index (κ1) is 19.4. The van der Waals surface area contributed by atoms with Crippen LogP contribution in [0.1, 0.15) is 48.0 Å². The molecule has 1 aliphatic rings. The topological polar surface area (TPSA) is 55.6 Å². The van der Waals surface area contributed by atoms with Crippen molar-refractivity contribution in [1.29, 1.82) is 0 Å². The molecule has 0 bridgehead atoms. The predicted molar refractivity (Wildman–Crippen MR) is 121 cm³/mol. The SMILES string of the molecule is CC(NC1CCCc2nc(-c3ccc(Cl)cc3)sc21)c1ccc(-n2cncn2)cc1. The standard InChI is InChI=1S/C23H22ClN5S/c1-15(16-7-11-19(12-8-16)29-14-25-13-26-29)27-20-3-2-4-21-22(20)30-23(28-21)17-5-9-18(24)10-6-17/h5-15,20,27H,2-4H2,1H3. The van der Waals surface area contributed by atoms with Crippen LogP contribution in [0.25, 0.3) is 16.3 Å². The summed E-state index contributed by atoms with van der Waals surface area (Å²) in [7, 11) is 0. The van der Waals surface area contributed by atoms with E-state index in [0.717, 1.165) is 40.5 Å². The Morgan fingerprint density at radius 1 is 1.13 bits per heavy atom. The van der Waals surface area contributed by atoms with Crippen LogP contribution in [0.4, 0.5) is 0 Å². The van der Waals surface area contributed by atoms with E-state index in [0.29, 0.717) is 6.04 Å². The molecular formula is C23H22ClN5S. The van der Waals surface area contributed by atoms with Gasteiger partial charge in [-0.05, 0) is 56.0 Å². The Labute approximate surface area is 184 Å². The molecular weight excluding hydrogens is 414 g/mol. The molecule has 0 fully saturated rings. The highest BCUT2D eigenvalue weighted by Crippen LogP contribution is 2.39. The van der Waals surface area contributed by atoms with Gasteiger partial charge in [0.1, 0.15) is 17.7 Å². The Bertz CT molecular complexity index is 1120. The van der Waals surface area contributed by atoms with Gasteiger partial charge < -0.3 is 5.32 Å². The quantitative estimate of drug-likeness (QED) is 0.432. The van der Waals surface area contributed by atoms with E-state index in [-0.39, 0.29) is 6.04 Å². The first-order valence-corrected chi connectivity index (χ1v) is 11.3. The fourth-order valence-electron chi connectivity index (χ4n) is 3.95. The number of hydrogen-bond donors (Lipinski definition) is 1. The largest absolute Gasteiger partial charge is 0.303 e. The van der Waals surface area contributed by atoms with Crippen molar-refractivity contribution in [1.82, 2.24) is 25.1 Å². The van der Waals surface area contributed by atoms with E-state index in [4.69, 9.17) is 16.6 Å². The number of fused-ring (bicyclic) bond motifs is 1. The van der Waals surface area contributed by atoms with Crippen molar-refractivity contribution in [2.24, 2.45) is 0 Å². The number of nitrogens with one attached hydrogen (secondary N) is 1. The Kier molecular flexibility index (Phi) is 5.37. The van der Waals surface area contributed by atoms with Crippen LogP contribution in [0.15, 0.2) is 61.2 Å². The van der Waals surface area contributed by atoms with E-state index in [1.54, 1.807) is 28.7 Å². The summed E-state index contributed by atoms with van der Waals surface area (Å²) in [5, 5.41) is 9.85. The number of aromatic nitrogens is 4. The molecule has 1 N–H and O–H groups in total. The van der Waals surface area contributed by atoms with Crippen molar-refractivity contribution >= 4 is 22.9 Å². The van der Waals surface area contributed by atoms with Crippen LogP contribution >= 0.6 is 22.9 Å². The average Bonchev–Trinajstić information content (AvgIpc) is 3.45. The van der Waals surface area contributed by atoms with Crippen LogP contribution in [-0.2, 0) is 6.42 Å². The van der Waals surface area contributed by atoms with Crippen molar-refractivity contribution in [2.45, 2.75) is 38.3 Å². The lowest BCUT2D eigenvalue weighted by Crippen LogP contribution is -2.27. The van der Waals surface area contributed by atoms with Gasteiger partial charge >= 0.3 is 0 Å². The highest BCUT2D eigenvalue weighted by atomic mass is 35.5. The summed E-state index contributed by atoms with van der Waals surface area (Å²) < 4.78 is 1.77. The zero-order valence-corrected chi connectivity index (χ0v) is 18.2. The lowest BCUT2D eigenvalue weighted by atomic mass is 9.96. The number of rotatable bonds is 5. The summed E-state index contributed by atoms with van der Waals surface area (Å²) in [6.45, 7) is 2.22. The molecule has 0 saturated carbocycles. The maximum atomic E-state index is 6.04. The summed E-state index contributed by atoms with van der Waals surface area (Å²) in [5.74, 6) is 0. The molecule has 5 rings (SSSR count). The van der Waals surface area contributed by atoms with Gasteiger partial charge in [0, 0.05) is 27.5 Å². The second kappa shape index (κ2) is 8.30. The molecule has 1 aliphatic carbocycles. The highest BCUT2D eigenvalue weighted by Gasteiger charge is 2.26. The fourth-order valence-corrected chi connectivity index (χ4v) is 5.29. The van der Waals surface area contributed by atoms with Crippen LogP contribution in [0.5, 0.6) is 0 Å². The molecule has 0 spiro atoms. The third-order valence-corrected chi connectivity index (χ3v) is 7.08. The van der Waals surface area contributed by atoms with E-state index in [2.05, 4.69) is 46.6 Å². The van der Waals surface area contributed by atoms with Gasteiger partial charge in [-0.25, -0.2) is 14.6 Å². The minimum Gasteiger partial charge on any atom is -0.303 e. The van der Waals surface area contributed by atoms with Crippen LogP contribution < -0.4 is 5.32 Å². The number of hydrogen-bond acceptors (Lipinski definition) is 5. The zero-order valence-electron chi connectivity index (χ0n) is 16.6. The van der Waals surface area contributed by atoms with E-state index in [1.807, 2.05) is 24.3 Å². The fraction of sp³-hybridized carbons (Fsp3) is 0.261. The Morgan fingerprint density at radius 2 is 1.93 bits per heavy atom. The summed E-state index contributed by atoms with van der Waals surface area (Å²) in [5.41, 5.74) is 4.64. The van der Waals surface area contributed by atoms with Gasteiger partial charge in [0.05, 0.1) is 11.4 Å². The molecule has 0 radical (unpaired) electrons. The minimum absolute atomic E-state index is 0.242. The number of halogens is 1. The van der Waals surface area contributed by atoms with Crippen molar-refractivity contribution in [3.8, 4) is 16.3 Å². The third-order valence-electron chi connectivity index (χ3n) is 5.57. The molecule has 0 amide bonds. The molecule has 2 atom stereocenters. The second-order valence-electron chi connectivity index (χ2n) is 7.60. The number of aryl methyl sites for hydroxylation is 1. The van der Waals surface area contributed by atoms with E-state index >= 15 is 0 Å². The molecule has 0 aliphatic heterocycles. The van der Waals surface area contributed by atoms with Crippen molar-refractivity contribution in [3.63, 3.8) is 0 Å². The molecule has 152 valence electrons. The van der Waals surface area contributed by atoms with Crippen molar-refractivity contribution < 1.29 is 0 Å². The average molecular weight is 436 g/mol. The smallest absolute Gasteiger partial charge is 0.138 e.